The van der Waals surface area contributed by atoms with E-state index < -0.39 is 0 Å². The Labute approximate surface area is 331 Å². The molecule has 0 radical (unpaired) electrons. The van der Waals surface area contributed by atoms with Crippen molar-refractivity contribution in [3.8, 4) is 45.5 Å². The van der Waals surface area contributed by atoms with Crippen molar-refractivity contribution >= 4 is 75.1 Å². The number of para-hydroxylation sites is 4. The van der Waals surface area contributed by atoms with Crippen molar-refractivity contribution in [1.29, 1.82) is 0 Å². The predicted octanol–water partition coefficient (Wildman–Crippen LogP) is 13.4. The molecule has 0 aliphatic heterocycles. The fourth-order valence-electron chi connectivity index (χ4n) is 8.71. The summed E-state index contributed by atoms with van der Waals surface area (Å²) in [7, 11) is 0. The molecule has 0 amide bonds. The molecule has 0 N–H and O–H groups in total. The first-order chi connectivity index (χ1) is 28.3. The maximum Gasteiger partial charge on any atom is 0.166 e. The van der Waals surface area contributed by atoms with Crippen LogP contribution in [0.2, 0.25) is 0 Å². The molecule has 4 heterocycles. The van der Waals surface area contributed by atoms with E-state index in [9.17, 15) is 0 Å². The van der Waals surface area contributed by atoms with Gasteiger partial charge >= 0.3 is 0 Å². The Morgan fingerprint density at radius 2 is 0.772 bits per heavy atom. The van der Waals surface area contributed by atoms with Gasteiger partial charge < -0.3 is 9.13 Å². The lowest BCUT2D eigenvalue weighted by Gasteiger charge is -2.19. The monoisotopic (exact) mass is 745 g/mol. The Kier molecular flexibility index (Phi) is 7.03. The zero-order valence-corrected chi connectivity index (χ0v) is 31.4. The Balaban J connectivity index is 1.31. The van der Waals surface area contributed by atoms with E-state index in [1.54, 1.807) is 0 Å². The van der Waals surface area contributed by atoms with E-state index in [1.165, 1.54) is 41.7 Å². The van der Waals surface area contributed by atoms with Gasteiger partial charge in [-0.25, -0.2) is 15.0 Å². The van der Waals surface area contributed by atoms with Gasteiger partial charge in [0, 0.05) is 53.7 Å². The summed E-state index contributed by atoms with van der Waals surface area (Å²) in [4.78, 5) is 15.9. The molecule has 6 heteroatoms. The van der Waals surface area contributed by atoms with Crippen molar-refractivity contribution in [1.82, 2.24) is 24.1 Å². The van der Waals surface area contributed by atoms with Crippen LogP contribution in [0.4, 0.5) is 0 Å². The van der Waals surface area contributed by atoms with Crippen LogP contribution in [0.15, 0.2) is 188 Å². The lowest BCUT2D eigenvalue weighted by atomic mass is 10.0. The summed E-state index contributed by atoms with van der Waals surface area (Å²) in [5.41, 5.74) is 9.49. The summed E-state index contributed by atoms with van der Waals surface area (Å²) >= 11 is 1.83. The fraction of sp³-hybridized carbons (Fsp3) is 0. The molecule has 266 valence electrons. The molecule has 0 aliphatic rings. The highest BCUT2D eigenvalue weighted by molar-refractivity contribution is 7.26. The molecule has 0 saturated heterocycles. The molecule has 0 atom stereocenters. The van der Waals surface area contributed by atoms with Crippen molar-refractivity contribution < 1.29 is 0 Å². The number of benzene rings is 8. The second-order valence-electron chi connectivity index (χ2n) is 14.4. The number of hydrogen-bond donors (Lipinski definition) is 0. The maximum absolute atomic E-state index is 5.40. The number of thiophene rings is 1. The highest BCUT2D eigenvalue weighted by Gasteiger charge is 2.27. The van der Waals surface area contributed by atoms with Crippen molar-refractivity contribution in [3.05, 3.63) is 188 Å². The van der Waals surface area contributed by atoms with Gasteiger partial charge in [-0.15, -0.1) is 11.3 Å². The summed E-state index contributed by atoms with van der Waals surface area (Å²) in [5, 5.41) is 7.24. The average molecular weight is 746 g/mol. The summed E-state index contributed by atoms with van der Waals surface area (Å²) in [6.07, 6.45) is 0. The molecule has 0 spiro atoms. The van der Waals surface area contributed by atoms with Crippen LogP contribution in [0.25, 0.3) is 109 Å². The van der Waals surface area contributed by atoms with Crippen LogP contribution >= 0.6 is 11.3 Å². The summed E-state index contributed by atoms with van der Waals surface area (Å²) in [6.45, 7) is 0. The smallest absolute Gasteiger partial charge is 0.166 e. The highest BCUT2D eigenvalue weighted by Crippen LogP contribution is 2.48. The molecule has 0 fully saturated rings. The summed E-state index contributed by atoms with van der Waals surface area (Å²) in [6, 6.07) is 66.6. The second-order valence-corrected chi connectivity index (χ2v) is 15.4. The minimum absolute atomic E-state index is 0.612. The standard InChI is InChI=1S/C51H31N5S/c1-3-17-32(18-4-1)49-52-50(33-19-5-2-6-20-33)54-51(53-49)39-31-44(55-40-26-12-7-21-34(40)35-22-8-13-27-41(35)55)46-38-25-11-16-30-45(38)57-48(46)47(39)56-42-28-14-9-23-36(42)37-24-10-15-29-43(37)56/h1-31H. The topological polar surface area (TPSA) is 48.5 Å². The van der Waals surface area contributed by atoms with E-state index in [1.807, 2.05) is 47.7 Å². The van der Waals surface area contributed by atoms with Crippen molar-refractivity contribution in [2.75, 3.05) is 0 Å². The molecule has 0 bridgehead atoms. The maximum atomic E-state index is 5.40. The van der Waals surface area contributed by atoms with Crippen LogP contribution in [0, 0.1) is 0 Å². The normalized spacial score (nSPS) is 11.9. The van der Waals surface area contributed by atoms with E-state index in [2.05, 4.69) is 161 Å². The van der Waals surface area contributed by atoms with Gasteiger partial charge in [0.2, 0.25) is 0 Å². The summed E-state index contributed by atoms with van der Waals surface area (Å²) < 4.78 is 7.28. The zero-order valence-electron chi connectivity index (χ0n) is 30.5. The van der Waals surface area contributed by atoms with Crippen molar-refractivity contribution in [3.63, 3.8) is 0 Å². The zero-order chi connectivity index (χ0) is 37.5. The minimum Gasteiger partial charge on any atom is -0.309 e. The van der Waals surface area contributed by atoms with Gasteiger partial charge in [-0.3, -0.25) is 0 Å². The predicted molar refractivity (Wildman–Crippen MR) is 238 cm³/mol. The third kappa shape index (κ3) is 4.84. The quantitative estimate of drug-likeness (QED) is 0.176. The Morgan fingerprint density at radius 1 is 0.368 bits per heavy atom. The van der Waals surface area contributed by atoms with Gasteiger partial charge in [0.1, 0.15) is 0 Å². The first kappa shape index (κ1) is 31.9. The van der Waals surface area contributed by atoms with Crippen LogP contribution in [0.1, 0.15) is 0 Å². The van der Waals surface area contributed by atoms with Gasteiger partial charge in [0.25, 0.3) is 0 Å². The molecule has 0 aliphatic carbocycles. The van der Waals surface area contributed by atoms with E-state index in [0.29, 0.717) is 17.5 Å². The van der Waals surface area contributed by atoms with Crippen molar-refractivity contribution in [2.45, 2.75) is 0 Å². The van der Waals surface area contributed by atoms with Crippen LogP contribution in [-0.4, -0.2) is 24.1 Å². The highest BCUT2D eigenvalue weighted by atomic mass is 32.1. The number of rotatable bonds is 5. The second kappa shape index (κ2) is 12.6. The molecule has 57 heavy (non-hydrogen) atoms. The van der Waals surface area contributed by atoms with Crippen LogP contribution in [0.5, 0.6) is 0 Å². The molecule has 0 saturated carbocycles. The van der Waals surface area contributed by atoms with Crippen LogP contribution < -0.4 is 0 Å². The Bertz CT molecular complexity index is 3360. The number of nitrogens with zero attached hydrogens (tertiary/aromatic N) is 5. The third-order valence-electron chi connectivity index (χ3n) is 11.2. The van der Waals surface area contributed by atoms with Gasteiger partial charge in [0.05, 0.1) is 38.1 Å². The largest absolute Gasteiger partial charge is 0.309 e. The van der Waals surface area contributed by atoms with E-state index in [4.69, 9.17) is 15.0 Å². The van der Waals surface area contributed by atoms with Gasteiger partial charge in [0.15, 0.2) is 17.5 Å². The first-order valence-corrected chi connectivity index (χ1v) is 19.9. The Hall–Kier alpha value is -7.41. The molecular formula is C51H31N5S. The third-order valence-corrected chi connectivity index (χ3v) is 12.3. The van der Waals surface area contributed by atoms with E-state index in [-0.39, 0.29) is 0 Å². The molecule has 4 aromatic heterocycles. The lowest BCUT2D eigenvalue weighted by Crippen LogP contribution is -2.06. The van der Waals surface area contributed by atoms with Gasteiger partial charge in [-0.1, -0.05) is 152 Å². The van der Waals surface area contributed by atoms with Crippen molar-refractivity contribution in [2.24, 2.45) is 0 Å². The van der Waals surface area contributed by atoms with E-state index >= 15 is 0 Å². The molecule has 5 nitrogen and oxygen atoms in total. The van der Waals surface area contributed by atoms with E-state index in [0.717, 1.165) is 50.1 Å². The van der Waals surface area contributed by atoms with Gasteiger partial charge in [-0.05, 0) is 36.4 Å². The van der Waals surface area contributed by atoms with Crippen LogP contribution in [-0.2, 0) is 0 Å². The minimum atomic E-state index is 0.612. The SMILES string of the molecule is c1ccc(-c2nc(-c3ccccc3)nc(-c3cc(-n4c5ccccc5c5ccccc54)c4c(sc5ccccc54)c3-n3c4ccccc4c4ccccc43)n2)cc1. The number of aromatic nitrogens is 5. The molecule has 0 unspecified atom stereocenters. The lowest BCUT2D eigenvalue weighted by molar-refractivity contribution is 1.06. The van der Waals surface area contributed by atoms with Gasteiger partial charge in [-0.2, -0.15) is 0 Å². The molecule has 12 aromatic rings. The number of hydrogen-bond acceptors (Lipinski definition) is 4. The summed E-state index contributed by atoms with van der Waals surface area (Å²) in [5.74, 6) is 1.87. The average Bonchev–Trinajstić information content (AvgIpc) is 3.95. The Morgan fingerprint density at radius 3 is 1.28 bits per heavy atom. The molecular weight excluding hydrogens is 715 g/mol. The first-order valence-electron chi connectivity index (χ1n) is 19.1. The molecule has 12 rings (SSSR count). The fourth-order valence-corrected chi connectivity index (χ4v) is 9.97. The number of fused-ring (bicyclic) bond motifs is 9. The molecule has 8 aromatic carbocycles. The van der Waals surface area contributed by atoms with Crippen LogP contribution in [0.3, 0.4) is 0 Å².